The normalized spacial score (nSPS) is 15.2. The van der Waals surface area contributed by atoms with Gasteiger partial charge in [-0.15, -0.1) is 0 Å². The summed E-state index contributed by atoms with van der Waals surface area (Å²) in [7, 11) is 7.59. The first kappa shape index (κ1) is 8.02. The Labute approximate surface area is 53.5 Å². The molecule has 0 amide bonds. The first-order valence-electron chi connectivity index (χ1n) is 3.03. The van der Waals surface area contributed by atoms with E-state index in [0.29, 0.717) is 6.04 Å². The van der Waals surface area contributed by atoms with Gasteiger partial charge in [-0.05, 0) is 26.8 Å². The molecule has 8 heavy (non-hydrogen) atoms. The highest BCUT2D eigenvalue weighted by atomic mass is 15.1. The molecule has 0 heterocycles. The van der Waals surface area contributed by atoms with E-state index in [4.69, 9.17) is 7.85 Å². The molecule has 46 valence electrons. The molecule has 1 nitrogen and oxygen atoms in total. The van der Waals surface area contributed by atoms with Crippen LogP contribution >= 0.6 is 0 Å². The van der Waals surface area contributed by atoms with Crippen molar-refractivity contribution in [3.8, 4) is 0 Å². The number of hydrogen-bond acceptors (Lipinski definition) is 1. The molecule has 1 atom stereocenters. The molecule has 0 saturated heterocycles. The molecule has 0 aliphatic carbocycles. The quantitative estimate of drug-likeness (QED) is 0.477. The molecular formula is C6H14BN. The Morgan fingerprint density at radius 1 is 1.25 bits per heavy atom. The third-order valence-electron chi connectivity index (χ3n) is 1.46. The predicted molar refractivity (Wildman–Crippen MR) is 38.1 cm³/mol. The van der Waals surface area contributed by atoms with E-state index in [1.807, 2.05) is 14.0 Å². The maximum absolute atomic E-state index is 5.56. The molecule has 0 saturated carbocycles. The van der Waals surface area contributed by atoms with Crippen LogP contribution in [0.3, 0.4) is 0 Å². The number of hydrogen-bond donors (Lipinski definition) is 0. The zero-order chi connectivity index (χ0) is 6.73. The Hall–Kier alpha value is 0.0249. The van der Waals surface area contributed by atoms with Crippen LogP contribution in [0.1, 0.15) is 20.8 Å². The summed E-state index contributed by atoms with van der Waals surface area (Å²) in [6, 6.07) is 0.551. The first-order valence-corrected chi connectivity index (χ1v) is 3.03. The monoisotopic (exact) mass is 111 g/mol. The first-order chi connectivity index (χ1) is 3.55. The molecule has 2 radical (unpaired) electrons. The van der Waals surface area contributed by atoms with Gasteiger partial charge in [0.25, 0.3) is 0 Å². The van der Waals surface area contributed by atoms with Crippen molar-refractivity contribution in [2.24, 2.45) is 0 Å². The van der Waals surface area contributed by atoms with Crippen molar-refractivity contribution >= 4 is 7.85 Å². The summed E-state index contributed by atoms with van der Waals surface area (Å²) >= 11 is 0. The van der Waals surface area contributed by atoms with E-state index in [1.165, 1.54) is 0 Å². The Bertz CT molecular complexity index is 53.5. The van der Waals surface area contributed by atoms with Crippen LogP contribution in [0.5, 0.6) is 0 Å². The fourth-order valence-corrected chi connectivity index (χ4v) is 0.470. The van der Waals surface area contributed by atoms with Crippen LogP contribution in [0, 0.1) is 0 Å². The molecule has 0 bridgehead atoms. The molecule has 0 fully saturated rings. The minimum absolute atomic E-state index is 0.176. The fraction of sp³-hybridized carbons (Fsp3) is 1.00. The maximum Gasteiger partial charge on any atom is 0.0906 e. The molecule has 0 aromatic carbocycles. The van der Waals surface area contributed by atoms with Gasteiger partial charge in [0, 0.05) is 6.04 Å². The molecule has 0 spiro atoms. The van der Waals surface area contributed by atoms with Gasteiger partial charge in [0.15, 0.2) is 0 Å². The summed E-state index contributed by atoms with van der Waals surface area (Å²) in [5.74, 6) is 0.176. The SMILES string of the molecule is [B]C(C)N(C)C(C)C. The molecule has 0 aromatic rings. The van der Waals surface area contributed by atoms with E-state index in [2.05, 4.69) is 18.7 Å². The van der Waals surface area contributed by atoms with Gasteiger partial charge in [-0.25, -0.2) is 0 Å². The van der Waals surface area contributed by atoms with Crippen molar-refractivity contribution in [1.29, 1.82) is 0 Å². The van der Waals surface area contributed by atoms with E-state index in [1.54, 1.807) is 0 Å². The van der Waals surface area contributed by atoms with Gasteiger partial charge in [0.2, 0.25) is 0 Å². The zero-order valence-electron chi connectivity index (χ0n) is 6.18. The standard InChI is InChI=1S/C6H14BN/c1-5(2)8(4)6(3)7/h5-6H,1-4H3. The lowest BCUT2D eigenvalue weighted by atomic mass is 9.96. The lowest BCUT2D eigenvalue weighted by Gasteiger charge is -2.25. The van der Waals surface area contributed by atoms with E-state index in [-0.39, 0.29) is 5.94 Å². The molecule has 0 aromatic heterocycles. The van der Waals surface area contributed by atoms with Crippen LogP contribution in [-0.2, 0) is 0 Å². The molecule has 1 unspecified atom stereocenters. The lowest BCUT2D eigenvalue weighted by Crippen LogP contribution is -2.34. The largest absolute Gasteiger partial charge is 0.310 e. The van der Waals surface area contributed by atoms with Gasteiger partial charge < -0.3 is 4.90 Å². The minimum atomic E-state index is 0.176. The highest BCUT2D eigenvalue weighted by Crippen LogP contribution is 1.95. The van der Waals surface area contributed by atoms with Crippen LogP contribution in [0.4, 0.5) is 0 Å². The molecule has 0 N–H and O–H groups in total. The van der Waals surface area contributed by atoms with Crippen molar-refractivity contribution in [2.75, 3.05) is 7.05 Å². The van der Waals surface area contributed by atoms with E-state index >= 15 is 0 Å². The van der Waals surface area contributed by atoms with Crippen molar-refractivity contribution in [3.63, 3.8) is 0 Å². The topological polar surface area (TPSA) is 3.24 Å². The summed E-state index contributed by atoms with van der Waals surface area (Å²) in [5.41, 5.74) is 0. The van der Waals surface area contributed by atoms with Crippen LogP contribution in [0.2, 0.25) is 0 Å². The second-order valence-electron chi connectivity index (χ2n) is 2.50. The van der Waals surface area contributed by atoms with Gasteiger partial charge in [-0.1, -0.05) is 6.92 Å². The summed E-state index contributed by atoms with van der Waals surface area (Å²) in [5, 5.41) is 0. The van der Waals surface area contributed by atoms with Gasteiger partial charge in [0.05, 0.1) is 7.85 Å². The smallest absolute Gasteiger partial charge is 0.0906 e. The van der Waals surface area contributed by atoms with Crippen molar-refractivity contribution in [1.82, 2.24) is 4.90 Å². The van der Waals surface area contributed by atoms with Gasteiger partial charge in [0.1, 0.15) is 0 Å². The fourth-order valence-electron chi connectivity index (χ4n) is 0.470. The lowest BCUT2D eigenvalue weighted by molar-refractivity contribution is 0.262. The Balaban J connectivity index is 3.46. The third kappa shape index (κ3) is 2.36. The Kier molecular flexibility index (Phi) is 3.14. The zero-order valence-corrected chi connectivity index (χ0v) is 6.18. The predicted octanol–water partition coefficient (Wildman–Crippen LogP) is 0.841. The van der Waals surface area contributed by atoms with E-state index in [0.717, 1.165) is 0 Å². The highest BCUT2D eigenvalue weighted by molar-refractivity contribution is 6.11. The van der Waals surface area contributed by atoms with E-state index in [9.17, 15) is 0 Å². The van der Waals surface area contributed by atoms with Gasteiger partial charge in [-0.3, -0.25) is 0 Å². The second kappa shape index (κ2) is 3.13. The molecule has 0 rings (SSSR count). The average molecular weight is 111 g/mol. The molecule has 0 aliphatic heterocycles. The van der Waals surface area contributed by atoms with Crippen molar-refractivity contribution in [3.05, 3.63) is 0 Å². The Morgan fingerprint density at radius 2 is 1.62 bits per heavy atom. The Morgan fingerprint density at radius 3 is 1.62 bits per heavy atom. The van der Waals surface area contributed by atoms with Crippen LogP contribution in [0.25, 0.3) is 0 Å². The van der Waals surface area contributed by atoms with Crippen molar-refractivity contribution < 1.29 is 0 Å². The summed E-state index contributed by atoms with van der Waals surface area (Å²) in [4.78, 5) is 2.11. The highest BCUT2D eigenvalue weighted by Gasteiger charge is 2.04. The van der Waals surface area contributed by atoms with Crippen LogP contribution in [-0.4, -0.2) is 31.8 Å². The van der Waals surface area contributed by atoms with Gasteiger partial charge >= 0.3 is 0 Å². The van der Waals surface area contributed by atoms with Crippen LogP contribution in [0.15, 0.2) is 0 Å². The van der Waals surface area contributed by atoms with E-state index < -0.39 is 0 Å². The summed E-state index contributed by atoms with van der Waals surface area (Å²) in [6.07, 6.45) is 0. The average Bonchev–Trinajstić information content (AvgIpc) is 1.64. The minimum Gasteiger partial charge on any atom is -0.310 e. The van der Waals surface area contributed by atoms with Crippen LogP contribution < -0.4 is 0 Å². The third-order valence-corrected chi connectivity index (χ3v) is 1.46. The molecule has 0 aliphatic rings. The number of nitrogens with zero attached hydrogens (tertiary/aromatic N) is 1. The number of rotatable bonds is 2. The van der Waals surface area contributed by atoms with Crippen molar-refractivity contribution in [2.45, 2.75) is 32.8 Å². The summed E-state index contributed by atoms with van der Waals surface area (Å²) in [6.45, 7) is 6.24. The molecule has 2 heteroatoms. The van der Waals surface area contributed by atoms with Gasteiger partial charge in [-0.2, -0.15) is 0 Å². The summed E-state index contributed by atoms with van der Waals surface area (Å²) < 4.78 is 0. The molecular weight excluding hydrogens is 96.9 g/mol. The second-order valence-corrected chi connectivity index (χ2v) is 2.50. The maximum atomic E-state index is 5.56.